The van der Waals surface area contributed by atoms with Crippen molar-refractivity contribution >= 4 is 22.5 Å². The van der Waals surface area contributed by atoms with E-state index in [0.717, 1.165) is 62.4 Å². The molecule has 2 heterocycles. The summed E-state index contributed by atoms with van der Waals surface area (Å²) in [6.07, 6.45) is 0. The number of nitrogens with one attached hydrogen (secondary N) is 1. The number of nitrogens with zero attached hydrogens (tertiary/aromatic N) is 2. The van der Waals surface area contributed by atoms with Gasteiger partial charge in [0.15, 0.2) is 0 Å². The van der Waals surface area contributed by atoms with E-state index in [1.165, 1.54) is 11.1 Å². The van der Waals surface area contributed by atoms with Crippen LogP contribution in [0.15, 0.2) is 18.2 Å². The van der Waals surface area contributed by atoms with E-state index < -0.39 is 0 Å². The Morgan fingerprint density at radius 3 is 2.70 bits per heavy atom. The fourth-order valence-electron chi connectivity index (χ4n) is 2.87. The number of aromatic nitrogens is 1. The van der Waals surface area contributed by atoms with Gasteiger partial charge in [-0.1, -0.05) is 11.6 Å². The third-order valence-corrected chi connectivity index (χ3v) is 4.81. The molecule has 0 radical (unpaired) electrons. The normalized spacial score (nSPS) is 16.1. The Morgan fingerprint density at radius 1 is 1.17 bits per heavy atom. The first-order valence-electron chi connectivity index (χ1n) is 8.20. The van der Waals surface area contributed by atoms with Crippen LogP contribution < -0.4 is 5.32 Å². The van der Waals surface area contributed by atoms with Crippen molar-refractivity contribution < 1.29 is 4.74 Å². The first kappa shape index (κ1) is 16.7. The standard InChI is InChI=1S/C18H24ClN3O/c1-13-9-15-11-16(18(19)21-17(15)10-14(13)2)12-20-3-4-22-5-7-23-8-6-22/h9-11,20H,3-8,12H2,1-2H3. The highest BCUT2D eigenvalue weighted by atomic mass is 35.5. The highest BCUT2D eigenvalue weighted by Crippen LogP contribution is 2.23. The molecule has 0 aliphatic carbocycles. The molecule has 1 aliphatic rings. The lowest BCUT2D eigenvalue weighted by Crippen LogP contribution is -2.40. The Labute approximate surface area is 142 Å². The molecule has 1 aromatic carbocycles. The molecule has 0 saturated carbocycles. The topological polar surface area (TPSA) is 37.4 Å². The van der Waals surface area contributed by atoms with E-state index >= 15 is 0 Å². The number of rotatable bonds is 5. The molecule has 124 valence electrons. The van der Waals surface area contributed by atoms with Gasteiger partial charge in [0.2, 0.25) is 0 Å². The lowest BCUT2D eigenvalue weighted by atomic mass is 10.1. The van der Waals surface area contributed by atoms with Gasteiger partial charge in [0, 0.05) is 43.7 Å². The average Bonchev–Trinajstić information content (AvgIpc) is 2.55. The molecule has 0 spiro atoms. The van der Waals surface area contributed by atoms with E-state index in [4.69, 9.17) is 16.3 Å². The van der Waals surface area contributed by atoms with Crippen molar-refractivity contribution in [2.75, 3.05) is 39.4 Å². The average molecular weight is 334 g/mol. The molecule has 1 fully saturated rings. The van der Waals surface area contributed by atoms with Gasteiger partial charge >= 0.3 is 0 Å². The van der Waals surface area contributed by atoms with Crippen molar-refractivity contribution in [3.63, 3.8) is 0 Å². The van der Waals surface area contributed by atoms with Crippen molar-refractivity contribution in [3.8, 4) is 0 Å². The molecule has 1 N–H and O–H groups in total. The minimum atomic E-state index is 0.597. The van der Waals surface area contributed by atoms with Gasteiger partial charge in [0.1, 0.15) is 5.15 Å². The predicted molar refractivity (Wildman–Crippen MR) is 95.2 cm³/mol. The number of hydrogen-bond donors (Lipinski definition) is 1. The summed E-state index contributed by atoms with van der Waals surface area (Å²) in [5.41, 5.74) is 4.56. The molecule has 5 heteroatoms. The second-order valence-corrected chi connectivity index (χ2v) is 6.56. The van der Waals surface area contributed by atoms with Crippen LogP contribution in [-0.4, -0.2) is 49.3 Å². The molecule has 1 saturated heterocycles. The summed E-state index contributed by atoms with van der Waals surface area (Å²) >= 11 is 6.34. The fourth-order valence-corrected chi connectivity index (χ4v) is 3.08. The summed E-state index contributed by atoms with van der Waals surface area (Å²) in [6.45, 7) is 10.7. The van der Waals surface area contributed by atoms with Crippen LogP contribution in [0, 0.1) is 13.8 Å². The Balaban J connectivity index is 1.61. The van der Waals surface area contributed by atoms with Gasteiger partial charge in [-0.3, -0.25) is 4.90 Å². The van der Waals surface area contributed by atoms with Gasteiger partial charge in [0.25, 0.3) is 0 Å². The molecule has 0 amide bonds. The number of halogens is 1. The lowest BCUT2D eigenvalue weighted by Gasteiger charge is -2.26. The monoisotopic (exact) mass is 333 g/mol. The maximum absolute atomic E-state index is 6.34. The van der Waals surface area contributed by atoms with E-state index in [2.05, 4.69) is 47.2 Å². The summed E-state index contributed by atoms with van der Waals surface area (Å²) < 4.78 is 5.36. The van der Waals surface area contributed by atoms with Crippen molar-refractivity contribution in [2.24, 2.45) is 0 Å². The molecule has 23 heavy (non-hydrogen) atoms. The highest BCUT2D eigenvalue weighted by molar-refractivity contribution is 6.30. The van der Waals surface area contributed by atoms with Crippen molar-refractivity contribution in [1.29, 1.82) is 0 Å². The number of pyridine rings is 1. The van der Waals surface area contributed by atoms with Crippen LogP contribution in [0.4, 0.5) is 0 Å². The summed E-state index contributed by atoms with van der Waals surface area (Å²) in [7, 11) is 0. The van der Waals surface area contributed by atoms with Crippen LogP contribution in [-0.2, 0) is 11.3 Å². The van der Waals surface area contributed by atoms with Gasteiger partial charge in [-0.15, -0.1) is 0 Å². The lowest BCUT2D eigenvalue weighted by molar-refractivity contribution is 0.0384. The second kappa shape index (κ2) is 7.58. The van der Waals surface area contributed by atoms with Crippen molar-refractivity contribution in [3.05, 3.63) is 40.0 Å². The van der Waals surface area contributed by atoms with Crippen molar-refractivity contribution in [2.45, 2.75) is 20.4 Å². The van der Waals surface area contributed by atoms with E-state index in [1.54, 1.807) is 0 Å². The van der Waals surface area contributed by atoms with E-state index in [0.29, 0.717) is 5.15 Å². The Hall–Kier alpha value is -1.20. The molecule has 3 rings (SSSR count). The predicted octanol–water partition coefficient (Wildman–Crippen LogP) is 2.93. The number of aryl methyl sites for hydroxylation is 2. The molecule has 0 unspecified atom stereocenters. The molecule has 1 aromatic heterocycles. The summed E-state index contributed by atoms with van der Waals surface area (Å²) in [5.74, 6) is 0. The zero-order chi connectivity index (χ0) is 16.2. The molecular weight excluding hydrogens is 310 g/mol. The first-order chi connectivity index (χ1) is 11.1. The Bertz CT molecular complexity index is 684. The number of fused-ring (bicyclic) bond motifs is 1. The minimum absolute atomic E-state index is 0.597. The number of ether oxygens (including phenoxy) is 1. The highest BCUT2D eigenvalue weighted by Gasteiger charge is 2.10. The molecular formula is C18H24ClN3O. The fraction of sp³-hybridized carbons (Fsp3) is 0.500. The van der Waals surface area contributed by atoms with E-state index in [1.807, 2.05) is 0 Å². The van der Waals surface area contributed by atoms with Gasteiger partial charge in [-0.2, -0.15) is 0 Å². The zero-order valence-electron chi connectivity index (χ0n) is 13.9. The largest absolute Gasteiger partial charge is 0.379 e. The van der Waals surface area contributed by atoms with Crippen LogP contribution >= 0.6 is 11.6 Å². The third-order valence-electron chi connectivity index (χ3n) is 4.48. The van der Waals surface area contributed by atoms with Gasteiger partial charge in [0.05, 0.1) is 18.7 Å². The van der Waals surface area contributed by atoms with Crippen LogP contribution in [0.5, 0.6) is 0 Å². The van der Waals surface area contributed by atoms with Crippen LogP contribution in [0.25, 0.3) is 10.9 Å². The van der Waals surface area contributed by atoms with Gasteiger partial charge in [-0.05, 0) is 43.2 Å². The molecule has 1 aliphatic heterocycles. The maximum atomic E-state index is 6.34. The minimum Gasteiger partial charge on any atom is -0.379 e. The summed E-state index contributed by atoms with van der Waals surface area (Å²) in [6, 6.07) is 6.44. The maximum Gasteiger partial charge on any atom is 0.134 e. The quantitative estimate of drug-likeness (QED) is 0.674. The SMILES string of the molecule is Cc1cc2cc(CNCCN3CCOCC3)c(Cl)nc2cc1C. The zero-order valence-corrected chi connectivity index (χ0v) is 14.6. The van der Waals surface area contributed by atoms with E-state index in [9.17, 15) is 0 Å². The molecule has 4 nitrogen and oxygen atoms in total. The second-order valence-electron chi connectivity index (χ2n) is 6.20. The van der Waals surface area contributed by atoms with Gasteiger partial charge < -0.3 is 10.1 Å². The summed E-state index contributed by atoms with van der Waals surface area (Å²) in [5, 5.41) is 5.23. The summed E-state index contributed by atoms with van der Waals surface area (Å²) in [4.78, 5) is 6.96. The Kier molecular flexibility index (Phi) is 5.49. The van der Waals surface area contributed by atoms with Crippen LogP contribution in [0.2, 0.25) is 5.15 Å². The molecule has 2 aromatic rings. The number of hydrogen-bond acceptors (Lipinski definition) is 4. The molecule has 0 atom stereocenters. The van der Waals surface area contributed by atoms with Crippen LogP contribution in [0.3, 0.4) is 0 Å². The first-order valence-corrected chi connectivity index (χ1v) is 8.58. The number of benzene rings is 1. The Morgan fingerprint density at radius 2 is 1.91 bits per heavy atom. The van der Waals surface area contributed by atoms with E-state index in [-0.39, 0.29) is 0 Å². The third kappa shape index (κ3) is 4.21. The van der Waals surface area contributed by atoms with Crippen LogP contribution in [0.1, 0.15) is 16.7 Å². The number of morpholine rings is 1. The van der Waals surface area contributed by atoms with Gasteiger partial charge in [-0.25, -0.2) is 4.98 Å². The molecule has 0 bridgehead atoms. The smallest absolute Gasteiger partial charge is 0.134 e. The van der Waals surface area contributed by atoms with Crippen molar-refractivity contribution in [1.82, 2.24) is 15.2 Å².